The number of aromatic nitrogens is 1. The molecular formula is C13H17N3OS. The molecule has 3 N–H and O–H groups in total. The van der Waals surface area contributed by atoms with E-state index in [1.807, 2.05) is 19.1 Å². The highest BCUT2D eigenvalue weighted by atomic mass is 32.1. The van der Waals surface area contributed by atoms with Crippen molar-refractivity contribution in [3.05, 3.63) is 34.3 Å². The van der Waals surface area contributed by atoms with Crippen LogP contribution in [0.5, 0.6) is 5.75 Å². The predicted molar refractivity (Wildman–Crippen MR) is 75.8 cm³/mol. The summed E-state index contributed by atoms with van der Waals surface area (Å²) in [5.41, 5.74) is 8.92. The highest BCUT2D eigenvalue weighted by Crippen LogP contribution is 2.30. The van der Waals surface area contributed by atoms with Crippen LogP contribution in [0.3, 0.4) is 0 Å². The molecule has 0 atom stereocenters. The molecule has 5 heteroatoms. The van der Waals surface area contributed by atoms with E-state index in [-0.39, 0.29) is 0 Å². The van der Waals surface area contributed by atoms with E-state index in [1.165, 1.54) is 5.56 Å². The fourth-order valence-corrected chi connectivity index (χ4v) is 2.43. The van der Waals surface area contributed by atoms with Crippen LogP contribution in [-0.4, -0.2) is 12.1 Å². The highest BCUT2D eigenvalue weighted by Gasteiger charge is 2.08. The third-order valence-electron chi connectivity index (χ3n) is 2.95. The van der Waals surface area contributed by atoms with Gasteiger partial charge in [0.05, 0.1) is 7.11 Å². The molecule has 0 aliphatic heterocycles. The largest absolute Gasteiger partial charge is 0.496 e. The molecule has 1 heterocycles. The summed E-state index contributed by atoms with van der Waals surface area (Å²) in [5, 5.41) is 4.18. The van der Waals surface area contributed by atoms with E-state index >= 15 is 0 Å². The molecule has 0 fully saturated rings. The van der Waals surface area contributed by atoms with Gasteiger partial charge in [-0.3, -0.25) is 0 Å². The number of rotatable bonds is 4. The van der Waals surface area contributed by atoms with Gasteiger partial charge < -0.3 is 15.8 Å². The molecule has 2 rings (SSSR count). The molecule has 0 saturated heterocycles. The molecule has 2 aromatic rings. The lowest BCUT2D eigenvalue weighted by atomic mass is 10.1. The summed E-state index contributed by atoms with van der Waals surface area (Å²) in [6.45, 7) is 4.64. The molecule has 0 spiro atoms. The number of nitrogens with one attached hydrogen (secondary N) is 1. The van der Waals surface area contributed by atoms with E-state index in [0.717, 1.165) is 27.0 Å². The van der Waals surface area contributed by atoms with Crippen molar-refractivity contribution in [2.75, 3.05) is 12.4 Å². The first-order valence-electron chi connectivity index (χ1n) is 5.71. The number of nitrogens with zero attached hydrogens (tertiary/aromatic N) is 1. The van der Waals surface area contributed by atoms with Gasteiger partial charge in [-0.15, -0.1) is 11.3 Å². The Balaban J connectivity index is 2.26. The van der Waals surface area contributed by atoms with E-state index in [2.05, 4.69) is 17.2 Å². The zero-order valence-electron chi connectivity index (χ0n) is 10.8. The third-order valence-corrected chi connectivity index (χ3v) is 3.89. The molecular weight excluding hydrogens is 246 g/mol. The minimum Gasteiger partial charge on any atom is -0.496 e. The van der Waals surface area contributed by atoms with E-state index in [0.29, 0.717) is 6.54 Å². The molecule has 0 radical (unpaired) electrons. The minimum atomic E-state index is 0.528. The predicted octanol–water partition coefficient (Wildman–Crippen LogP) is 2.97. The van der Waals surface area contributed by atoms with Gasteiger partial charge in [0.2, 0.25) is 0 Å². The Kier molecular flexibility index (Phi) is 3.84. The van der Waals surface area contributed by atoms with Crippen LogP contribution in [0.25, 0.3) is 0 Å². The quantitative estimate of drug-likeness (QED) is 0.890. The van der Waals surface area contributed by atoms with Crippen LogP contribution < -0.4 is 15.8 Å². The summed E-state index contributed by atoms with van der Waals surface area (Å²) in [4.78, 5) is 5.36. The summed E-state index contributed by atoms with van der Waals surface area (Å²) >= 11 is 1.57. The van der Waals surface area contributed by atoms with Crippen LogP contribution in [-0.2, 0) is 6.54 Å². The van der Waals surface area contributed by atoms with Crippen LogP contribution in [0.15, 0.2) is 18.3 Å². The lowest BCUT2D eigenvalue weighted by molar-refractivity contribution is 0.411. The molecule has 0 unspecified atom stereocenters. The van der Waals surface area contributed by atoms with Crippen LogP contribution in [0.2, 0.25) is 0 Å². The van der Waals surface area contributed by atoms with Crippen LogP contribution in [0.4, 0.5) is 10.8 Å². The van der Waals surface area contributed by atoms with Gasteiger partial charge in [0, 0.05) is 23.3 Å². The Bertz CT molecular complexity index is 551. The Morgan fingerprint density at radius 2 is 2.11 bits per heavy atom. The minimum absolute atomic E-state index is 0.528. The number of anilines is 2. The zero-order chi connectivity index (χ0) is 13.1. The van der Waals surface area contributed by atoms with Crippen LogP contribution >= 0.6 is 11.3 Å². The second-order valence-electron chi connectivity index (χ2n) is 4.03. The van der Waals surface area contributed by atoms with Crippen molar-refractivity contribution in [1.29, 1.82) is 0 Å². The molecule has 0 aliphatic rings. The number of benzene rings is 1. The Hall–Kier alpha value is -1.59. The van der Waals surface area contributed by atoms with Gasteiger partial charge in [0.1, 0.15) is 5.75 Å². The highest BCUT2D eigenvalue weighted by molar-refractivity contribution is 7.15. The third kappa shape index (κ3) is 2.47. The lowest BCUT2D eigenvalue weighted by Gasteiger charge is -2.12. The van der Waals surface area contributed by atoms with Crippen molar-refractivity contribution in [1.82, 2.24) is 4.98 Å². The molecule has 0 aliphatic carbocycles. The van der Waals surface area contributed by atoms with Crippen molar-refractivity contribution in [3.8, 4) is 5.75 Å². The monoisotopic (exact) mass is 263 g/mol. The zero-order valence-corrected chi connectivity index (χ0v) is 11.6. The van der Waals surface area contributed by atoms with Crippen molar-refractivity contribution >= 4 is 22.2 Å². The number of hydrogen-bond donors (Lipinski definition) is 2. The Morgan fingerprint density at radius 1 is 1.33 bits per heavy atom. The van der Waals surface area contributed by atoms with Gasteiger partial charge in [-0.1, -0.05) is 0 Å². The maximum atomic E-state index is 5.57. The summed E-state index contributed by atoms with van der Waals surface area (Å²) in [6.07, 6.45) is 1.80. The maximum Gasteiger partial charge on any atom is 0.187 e. The van der Waals surface area contributed by atoms with E-state index in [4.69, 9.17) is 10.5 Å². The number of methoxy groups -OCH3 is 1. The fraction of sp³-hybridized carbons (Fsp3) is 0.308. The van der Waals surface area contributed by atoms with Crippen LogP contribution in [0.1, 0.15) is 16.0 Å². The molecule has 0 saturated carbocycles. The first-order chi connectivity index (χ1) is 8.65. The number of hydrogen-bond acceptors (Lipinski definition) is 5. The molecule has 18 heavy (non-hydrogen) atoms. The van der Waals surface area contributed by atoms with Gasteiger partial charge in [-0.25, -0.2) is 4.98 Å². The molecule has 0 amide bonds. The average Bonchev–Trinajstić information content (AvgIpc) is 2.83. The summed E-state index contributed by atoms with van der Waals surface area (Å²) in [5.74, 6) is 0.903. The Labute approximate surface area is 111 Å². The van der Waals surface area contributed by atoms with Gasteiger partial charge >= 0.3 is 0 Å². The summed E-state index contributed by atoms with van der Waals surface area (Å²) in [7, 11) is 1.68. The van der Waals surface area contributed by atoms with Crippen molar-refractivity contribution in [2.24, 2.45) is 5.73 Å². The van der Waals surface area contributed by atoms with E-state index in [1.54, 1.807) is 24.6 Å². The van der Waals surface area contributed by atoms with Gasteiger partial charge in [0.15, 0.2) is 5.13 Å². The number of nitrogens with two attached hydrogens (primary N) is 1. The van der Waals surface area contributed by atoms with Crippen LogP contribution in [0, 0.1) is 13.8 Å². The summed E-state index contributed by atoms with van der Waals surface area (Å²) < 4.78 is 5.30. The topological polar surface area (TPSA) is 60.2 Å². The number of thiazole rings is 1. The molecule has 1 aromatic heterocycles. The van der Waals surface area contributed by atoms with Gasteiger partial charge in [0.25, 0.3) is 0 Å². The van der Waals surface area contributed by atoms with Crippen molar-refractivity contribution in [3.63, 3.8) is 0 Å². The normalized spacial score (nSPS) is 10.4. The SMILES string of the molecule is COc1ccc(Nc2ncc(CN)s2)c(C)c1C. The van der Waals surface area contributed by atoms with Crippen molar-refractivity contribution < 1.29 is 4.74 Å². The smallest absolute Gasteiger partial charge is 0.187 e. The van der Waals surface area contributed by atoms with E-state index in [9.17, 15) is 0 Å². The molecule has 96 valence electrons. The Morgan fingerprint density at radius 3 is 2.72 bits per heavy atom. The first-order valence-corrected chi connectivity index (χ1v) is 6.53. The molecule has 1 aromatic carbocycles. The van der Waals surface area contributed by atoms with Crippen molar-refractivity contribution in [2.45, 2.75) is 20.4 Å². The maximum absolute atomic E-state index is 5.57. The summed E-state index contributed by atoms with van der Waals surface area (Å²) in [6, 6.07) is 3.97. The number of ether oxygens (including phenoxy) is 1. The van der Waals surface area contributed by atoms with Gasteiger partial charge in [-0.2, -0.15) is 0 Å². The molecule has 4 nitrogen and oxygen atoms in total. The second kappa shape index (κ2) is 5.37. The standard InChI is InChI=1S/C13H17N3OS/c1-8-9(2)12(17-3)5-4-11(8)16-13-15-7-10(6-14)18-13/h4-5,7H,6,14H2,1-3H3,(H,15,16). The average molecular weight is 263 g/mol. The second-order valence-corrected chi connectivity index (χ2v) is 5.14. The fourth-order valence-electron chi connectivity index (χ4n) is 1.73. The van der Waals surface area contributed by atoms with Gasteiger partial charge in [-0.05, 0) is 37.1 Å². The molecule has 0 bridgehead atoms. The van der Waals surface area contributed by atoms with E-state index < -0.39 is 0 Å². The lowest BCUT2D eigenvalue weighted by Crippen LogP contribution is -1.96. The first kappa shape index (κ1) is 12.9.